The normalized spacial score (nSPS) is 14.7. The number of hydrogen-bond acceptors (Lipinski definition) is 8. The average Bonchev–Trinajstić information content (AvgIpc) is 2.82. The van der Waals surface area contributed by atoms with Crippen molar-refractivity contribution in [1.82, 2.24) is 0 Å². The molecular weight excluding hydrogens is 460 g/mol. The van der Waals surface area contributed by atoms with Gasteiger partial charge in [-0.1, -0.05) is 24.3 Å². The van der Waals surface area contributed by atoms with Gasteiger partial charge in [-0.05, 0) is 0 Å². The predicted octanol–water partition coefficient (Wildman–Crippen LogP) is 4.50. The van der Waals surface area contributed by atoms with Crippen LogP contribution in [0.25, 0.3) is 5.57 Å². The van der Waals surface area contributed by atoms with Crippen LogP contribution in [-0.4, -0.2) is 57.5 Å². The summed E-state index contributed by atoms with van der Waals surface area (Å²) < 4.78 is 0. The van der Waals surface area contributed by atoms with Crippen LogP contribution >= 0.6 is 0 Å². The van der Waals surface area contributed by atoms with Crippen molar-refractivity contribution in [3.63, 3.8) is 0 Å². The molecule has 0 bridgehead atoms. The van der Waals surface area contributed by atoms with Crippen LogP contribution in [0.3, 0.4) is 0 Å². The zero-order valence-electron chi connectivity index (χ0n) is 19.9. The quantitative estimate of drug-likeness (QED) is 0.276. The number of aromatic hydroxyl groups is 4. The second kappa shape index (κ2) is 10.8. The van der Waals surface area contributed by atoms with Gasteiger partial charge in [-0.2, -0.15) is 0 Å². The fraction of sp³-hybridized carbons (Fsp3) is 0.179. The van der Waals surface area contributed by atoms with E-state index in [9.17, 15) is 30.3 Å². The second-order valence-electron chi connectivity index (χ2n) is 8.28. The molecular formula is C28H30N2O6. The Morgan fingerprint density at radius 1 is 0.722 bits per heavy atom. The number of hydrogen-bond donors (Lipinski definition) is 5. The third-order valence-corrected chi connectivity index (χ3v) is 5.88. The summed E-state index contributed by atoms with van der Waals surface area (Å²) >= 11 is 0. The highest BCUT2D eigenvalue weighted by molar-refractivity contribution is 6.33. The molecule has 1 aliphatic rings. The summed E-state index contributed by atoms with van der Waals surface area (Å²) in [4.78, 5) is 16.8. The van der Waals surface area contributed by atoms with Gasteiger partial charge in [-0.3, -0.25) is 4.79 Å². The molecule has 5 N–H and O–H groups in total. The number of aliphatic hydroxyl groups excluding tert-OH is 1. The van der Waals surface area contributed by atoms with E-state index in [4.69, 9.17) is 0 Å². The van der Waals surface area contributed by atoms with Crippen LogP contribution in [0.5, 0.6) is 23.0 Å². The number of Topliss-reactive ketones (excluding diaryl/α,β-unsaturated/α-hetero) is 1. The molecule has 2 aromatic rings. The lowest BCUT2D eigenvalue weighted by molar-refractivity contribution is -0.116. The van der Waals surface area contributed by atoms with Crippen molar-refractivity contribution in [3.8, 4) is 23.0 Å². The lowest BCUT2D eigenvalue weighted by atomic mass is 9.73. The fourth-order valence-corrected chi connectivity index (χ4v) is 4.35. The summed E-state index contributed by atoms with van der Waals surface area (Å²) in [7, 11) is 0. The zero-order valence-corrected chi connectivity index (χ0v) is 19.9. The van der Waals surface area contributed by atoms with Crippen molar-refractivity contribution in [2.75, 3.05) is 36.0 Å². The Balaban J connectivity index is 2.12. The number of carbonyl (C=O) groups excluding carboxylic acids is 1. The van der Waals surface area contributed by atoms with Gasteiger partial charge in [0.15, 0.2) is 5.78 Å². The van der Waals surface area contributed by atoms with Gasteiger partial charge in [0.2, 0.25) is 0 Å². The Hall–Kier alpha value is -4.59. The summed E-state index contributed by atoms with van der Waals surface area (Å²) in [5.74, 6) is -3.75. The van der Waals surface area contributed by atoms with E-state index in [-0.39, 0.29) is 39.6 Å². The van der Waals surface area contributed by atoms with Gasteiger partial charge in [-0.15, -0.1) is 26.3 Å². The summed E-state index contributed by atoms with van der Waals surface area (Å²) in [6.45, 7) is 16.3. The smallest absolute Gasteiger partial charge is 0.182 e. The minimum absolute atomic E-state index is 0.0222. The van der Waals surface area contributed by atoms with Crippen LogP contribution in [0.15, 0.2) is 80.6 Å². The molecule has 1 aliphatic carbocycles. The summed E-state index contributed by atoms with van der Waals surface area (Å²) in [6, 6.07) is 5.21. The number of phenols is 4. The van der Waals surface area contributed by atoms with Gasteiger partial charge in [0.25, 0.3) is 0 Å². The molecule has 36 heavy (non-hydrogen) atoms. The number of phenolic OH excluding ortho intramolecular Hbond substituents is 4. The number of ketones is 1. The lowest BCUT2D eigenvalue weighted by Crippen LogP contribution is -2.31. The van der Waals surface area contributed by atoms with Crippen LogP contribution < -0.4 is 9.80 Å². The first kappa shape index (κ1) is 26.0. The number of benzene rings is 2. The average molecular weight is 491 g/mol. The molecule has 0 aliphatic heterocycles. The highest BCUT2D eigenvalue weighted by Crippen LogP contribution is 2.53. The van der Waals surface area contributed by atoms with Crippen molar-refractivity contribution in [2.24, 2.45) is 0 Å². The highest BCUT2D eigenvalue weighted by Gasteiger charge is 2.46. The van der Waals surface area contributed by atoms with Crippen LogP contribution in [0.4, 0.5) is 11.4 Å². The number of anilines is 2. The van der Waals surface area contributed by atoms with Crippen LogP contribution in [-0.2, 0) is 4.79 Å². The summed E-state index contributed by atoms with van der Waals surface area (Å²) in [5, 5.41) is 53.1. The third-order valence-electron chi connectivity index (χ3n) is 5.88. The van der Waals surface area contributed by atoms with Crippen LogP contribution in [0.2, 0.25) is 0 Å². The SMILES string of the molecule is C=CCN(CC=C)c1cc(O)c(C2C(=O)C(c3c(O)cc(O)cc3N(CC=C)CC=C)=C2O)c(O)c1. The van der Waals surface area contributed by atoms with Crippen LogP contribution in [0.1, 0.15) is 17.0 Å². The molecule has 1 unspecified atom stereocenters. The van der Waals surface area contributed by atoms with Gasteiger partial charge in [-0.25, -0.2) is 0 Å². The Kier molecular flexibility index (Phi) is 7.79. The molecule has 8 nitrogen and oxygen atoms in total. The molecule has 0 radical (unpaired) electrons. The van der Waals surface area contributed by atoms with Crippen molar-refractivity contribution in [3.05, 3.63) is 91.8 Å². The van der Waals surface area contributed by atoms with E-state index in [1.807, 2.05) is 0 Å². The van der Waals surface area contributed by atoms with E-state index in [0.29, 0.717) is 31.9 Å². The molecule has 8 heteroatoms. The fourth-order valence-electron chi connectivity index (χ4n) is 4.35. The molecule has 0 saturated carbocycles. The Bertz CT molecular complexity index is 1220. The minimum Gasteiger partial charge on any atom is -0.510 e. The Labute approximate surface area is 210 Å². The first-order chi connectivity index (χ1) is 17.2. The van der Waals surface area contributed by atoms with E-state index in [1.165, 1.54) is 18.2 Å². The highest BCUT2D eigenvalue weighted by atomic mass is 16.3. The van der Waals surface area contributed by atoms with Gasteiger partial charge >= 0.3 is 0 Å². The van der Waals surface area contributed by atoms with E-state index < -0.39 is 23.2 Å². The summed E-state index contributed by atoms with van der Waals surface area (Å²) in [5.41, 5.74) is 0.472. The van der Waals surface area contributed by atoms with Crippen molar-refractivity contribution in [2.45, 2.75) is 5.92 Å². The standard InChI is InChI=1S/C28H30N2O6/c1-5-9-29(10-6-2)17-13-20(32)24(21(33)14-17)26-27(35)25(28(26)36)23-19(15-18(31)16-22(23)34)30(11-7-3)12-8-4/h5-8,13-16,26,31-35H,1-4,9-12H2. The minimum atomic E-state index is -1.32. The number of nitrogens with zero attached hydrogens (tertiary/aromatic N) is 2. The van der Waals surface area contributed by atoms with Crippen molar-refractivity contribution < 1.29 is 30.3 Å². The number of carbonyl (C=O) groups is 1. The van der Waals surface area contributed by atoms with Crippen LogP contribution in [0, 0.1) is 0 Å². The van der Waals surface area contributed by atoms with Gasteiger partial charge in [0, 0.05) is 56.1 Å². The van der Waals surface area contributed by atoms with E-state index in [2.05, 4.69) is 26.3 Å². The molecule has 188 valence electrons. The molecule has 0 heterocycles. The largest absolute Gasteiger partial charge is 0.510 e. The van der Waals surface area contributed by atoms with E-state index in [0.717, 1.165) is 6.07 Å². The zero-order chi connectivity index (χ0) is 26.6. The van der Waals surface area contributed by atoms with Crippen molar-refractivity contribution in [1.29, 1.82) is 0 Å². The lowest BCUT2D eigenvalue weighted by Gasteiger charge is -2.33. The van der Waals surface area contributed by atoms with Gasteiger partial charge in [0.05, 0.1) is 22.4 Å². The summed E-state index contributed by atoms with van der Waals surface area (Å²) in [6.07, 6.45) is 6.53. The maximum atomic E-state index is 13.3. The predicted molar refractivity (Wildman–Crippen MR) is 142 cm³/mol. The molecule has 2 aromatic carbocycles. The molecule has 0 aromatic heterocycles. The van der Waals surface area contributed by atoms with Gasteiger partial charge < -0.3 is 35.3 Å². The first-order valence-corrected chi connectivity index (χ1v) is 11.2. The van der Waals surface area contributed by atoms with Crippen molar-refractivity contribution >= 4 is 22.7 Å². The molecule has 0 amide bonds. The third kappa shape index (κ3) is 4.65. The molecule has 0 fully saturated rings. The maximum Gasteiger partial charge on any atom is 0.182 e. The topological polar surface area (TPSA) is 125 Å². The molecule has 3 rings (SSSR count). The van der Waals surface area contributed by atoms with Gasteiger partial charge in [0.1, 0.15) is 34.7 Å². The number of rotatable bonds is 12. The Morgan fingerprint density at radius 3 is 1.69 bits per heavy atom. The van der Waals surface area contributed by atoms with E-state index >= 15 is 0 Å². The molecule has 0 spiro atoms. The van der Waals surface area contributed by atoms with E-state index in [1.54, 1.807) is 34.1 Å². The number of aliphatic hydroxyl groups is 1. The second-order valence-corrected chi connectivity index (χ2v) is 8.28. The Morgan fingerprint density at radius 2 is 1.22 bits per heavy atom. The number of allylic oxidation sites excluding steroid dienone is 2. The first-order valence-electron chi connectivity index (χ1n) is 11.2. The molecule has 1 atom stereocenters. The molecule has 0 saturated heterocycles. The monoisotopic (exact) mass is 490 g/mol. The maximum absolute atomic E-state index is 13.3.